The molecular weight excluding hydrogens is 258 g/mol. The van der Waals surface area contributed by atoms with Gasteiger partial charge in [-0.2, -0.15) is 5.10 Å². The van der Waals surface area contributed by atoms with E-state index in [9.17, 15) is 9.59 Å². The maximum absolute atomic E-state index is 12.0. The van der Waals surface area contributed by atoms with Gasteiger partial charge in [-0.25, -0.2) is 0 Å². The van der Waals surface area contributed by atoms with Crippen molar-refractivity contribution in [2.24, 2.45) is 12.8 Å². The second kappa shape index (κ2) is 6.04. The minimum absolute atomic E-state index is 0.0977. The topological polar surface area (TPSA) is 93.2 Å². The average molecular weight is 279 g/mol. The predicted molar refractivity (Wildman–Crippen MR) is 73.9 cm³/mol. The van der Waals surface area contributed by atoms with Crippen molar-refractivity contribution in [1.29, 1.82) is 0 Å². The number of nitrogens with two attached hydrogens (primary N) is 1. The molecule has 110 valence electrons. The third-order valence-corrected chi connectivity index (χ3v) is 3.79. The lowest BCUT2D eigenvalue weighted by molar-refractivity contribution is -0.123. The van der Waals surface area contributed by atoms with Gasteiger partial charge in [0.05, 0.1) is 17.8 Å². The number of carbonyl (C=O) groups excluding carboxylic acids is 2. The number of nitrogens with zero attached hydrogens (tertiary/aromatic N) is 3. The highest BCUT2D eigenvalue weighted by Crippen LogP contribution is 2.13. The summed E-state index contributed by atoms with van der Waals surface area (Å²) in [5.74, 6) is -0.401. The van der Waals surface area contributed by atoms with Crippen LogP contribution < -0.4 is 11.1 Å². The number of nitrogens with one attached hydrogen (secondary N) is 1. The zero-order valence-corrected chi connectivity index (χ0v) is 11.9. The Morgan fingerprint density at radius 1 is 1.45 bits per heavy atom. The van der Waals surface area contributed by atoms with Gasteiger partial charge in [-0.1, -0.05) is 0 Å². The highest BCUT2D eigenvalue weighted by Gasteiger charge is 2.26. The summed E-state index contributed by atoms with van der Waals surface area (Å²) >= 11 is 0. The summed E-state index contributed by atoms with van der Waals surface area (Å²) in [6.07, 6.45) is 4.90. The third-order valence-electron chi connectivity index (χ3n) is 3.79. The van der Waals surface area contributed by atoms with E-state index in [1.165, 1.54) is 0 Å². The summed E-state index contributed by atoms with van der Waals surface area (Å²) in [7, 11) is 1.78. The first kappa shape index (κ1) is 14.5. The molecule has 2 rings (SSSR count). The Hall–Kier alpha value is -1.89. The number of carbonyl (C=O) groups is 2. The molecule has 0 bridgehead atoms. The highest BCUT2D eigenvalue weighted by atomic mass is 16.2. The zero-order chi connectivity index (χ0) is 14.7. The SMILES string of the molecule is CC(C(N)=O)N1CCC(NC(=O)c2cnn(C)c2)CC1. The summed E-state index contributed by atoms with van der Waals surface area (Å²) in [5.41, 5.74) is 5.87. The van der Waals surface area contributed by atoms with Gasteiger partial charge in [-0.05, 0) is 19.8 Å². The standard InChI is InChI=1S/C13H21N5O2/c1-9(12(14)19)18-5-3-11(4-6-18)16-13(20)10-7-15-17(2)8-10/h7-9,11H,3-6H2,1-2H3,(H2,14,19)(H,16,20). The molecule has 1 saturated heterocycles. The van der Waals surface area contributed by atoms with E-state index in [0.717, 1.165) is 25.9 Å². The second-order valence-corrected chi connectivity index (χ2v) is 5.26. The minimum atomic E-state index is -0.303. The molecule has 0 spiro atoms. The molecule has 0 aromatic carbocycles. The summed E-state index contributed by atoms with van der Waals surface area (Å²) in [6, 6.07) is -0.107. The van der Waals surface area contributed by atoms with Crippen molar-refractivity contribution >= 4 is 11.8 Å². The lowest BCUT2D eigenvalue weighted by Crippen LogP contribution is -2.50. The van der Waals surface area contributed by atoms with Gasteiger partial charge in [0.25, 0.3) is 5.91 Å². The molecule has 0 radical (unpaired) electrons. The molecule has 2 heterocycles. The quantitative estimate of drug-likeness (QED) is 0.776. The van der Waals surface area contributed by atoms with Crippen molar-refractivity contribution in [3.8, 4) is 0 Å². The van der Waals surface area contributed by atoms with Crippen LogP contribution in [-0.2, 0) is 11.8 Å². The van der Waals surface area contributed by atoms with Gasteiger partial charge in [-0.3, -0.25) is 19.2 Å². The number of aromatic nitrogens is 2. The van der Waals surface area contributed by atoms with Crippen molar-refractivity contribution in [2.45, 2.75) is 31.8 Å². The fourth-order valence-electron chi connectivity index (χ4n) is 2.42. The number of hydrogen-bond acceptors (Lipinski definition) is 4. The van der Waals surface area contributed by atoms with Crippen molar-refractivity contribution < 1.29 is 9.59 Å². The summed E-state index contributed by atoms with van der Waals surface area (Å²) in [4.78, 5) is 25.2. The third kappa shape index (κ3) is 3.36. The zero-order valence-electron chi connectivity index (χ0n) is 11.9. The van der Waals surface area contributed by atoms with E-state index in [2.05, 4.69) is 15.3 Å². The molecule has 1 unspecified atom stereocenters. The fraction of sp³-hybridized carbons (Fsp3) is 0.615. The van der Waals surface area contributed by atoms with E-state index in [1.54, 1.807) is 24.1 Å². The van der Waals surface area contributed by atoms with E-state index < -0.39 is 0 Å². The monoisotopic (exact) mass is 279 g/mol. The number of amides is 2. The Balaban J connectivity index is 1.82. The van der Waals surface area contributed by atoms with Crippen LogP contribution in [0.4, 0.5) is 0 Å². The number of rotatable bonds is 4. The van der Waals surface area contributed by atoms with E-state index in [0.29, 0.717) is 5.56 Å². The predicted octanol–water partition coefficient (Wildman–Crippen LogP) is -0.512. The van der Waals surface area contributed by atoms with E-state index in [-0.39, 0.29) is 23.9 Å². The van der Waals surface area contributed by atoms with Crippen molar-refractivity contribution in [2.75, 3.05) is 13.1 Å². The molecule has 1 aliphatic heterocycles. The van der Waals surface area contributed by atoms with Crippen molar-refractivity contribution in [1.82, 2.24) is 20.0 Å². The van der Waals surface area contributed by atoms with Gasteiger partial charge in [0.15, 0.2) is 0 Å². The van der Waals surface area contributed by atoms with Crippen LogP contribution in [0.3, 0.4) is 0 Å². The molecule has 0 aliphatic carbocycles. The van der Waals surface area contributed by atoms with Crippen LogP contribution in [0.25, 0.3) is 0 Å². The van der Waals surface area contributed by atoms with Crippen LogP contribution in [0.2, 0.25) is 0 Å². The van der Waals surface area contributed by atoms with Crippen LogP contribution >= 0.6 is 0 Å². The molecule has 1 fully saturated rings. The van der Waals surface area contributed by atoms with Crippen LogP contribution in [0, 0.1) is 0 Å². The lowest BCUT2D eigenvalue weighted by Gasteiger charge is -2.34. The summed E-state index contributed by atoms with van der Waals surface area (Å²) in [5, 5.41) is 6.98. The molecule has 1 aromatic heterocycles. The van der Waals surface area contributed by atoms with Crippen molar-refractivity contribution in [3.63, 3.8) is 0 Å². The molecule has 2 amide bonds. The largest absolute Gasteiger partial charge is 0.368 e. The molecule has 1 aromatic rings. The van der Waals surface area contributed by atoms with Crippen LogP contribution in [-0.4, -0.2) is 51.7 Å². The van der Waals surface area contributed by atoms with E-state index in [4.69, 9.17) is 5.73 Å². The van der Waals surface area contributed by atoms with Gasteiger partial charge < -0.3 is 11.1 Å². The number of piperidine rings is 1. The van der Waals surface area contributed by atoms with Gasteiger partial charge in [0.1, 0.15) is 0 Å². The maximum atomic E-state index is 12.0. The fourth-order valence-corrected chi connectivity index (χ4v) is 2.42. The normalized spacial score (nSPS) is 18.7. The number of hydrogen-bond donors (Lipinski definition) is 2. The Morgan fingerprint density at radius 2 is 2.10 bits per heavy atom. The minimum Gasteiger partial charge on any atom is -0.368 e. The average Bonchev–Trinajstić information content (AvgIpc) is 2.85. The van der Waals surface area contributed by atoms with Gasteiger partial charge >= 0.3 is 0 Å². The lowest BCUT2D eigenvalue weighted by atomic mass is 10.0. The first-order valence-corrected chi connectivity index (χ1v) is 6.80. The Morgan fingerprint density at radius 3 is 2.60 bits per heavy atom. The molecule has 0 saturated carbocycles. The van der Waals surface area contributed by atoms with Crippen molar-refractivity contribution in [3.05, 3.63) is 18.0 Å². The molecule has 20 heavy (non-hydrogen) atoms. The number of likely N-dealkylation sites (tertiary alicyclic amines) is 1. The van der Waals surface area contributed by atoms with Crippen LogP contribution in [0.15, 0.2) is 12.4 Å². The van der Waals surface area contributed by atoms with Crippen LogP contribution in [0.1, 0.15) is 30.1 Å². The first-order chi connectivity index (χ1) is 9.47. The van der Waals surface area contributed by atoms with E-state index in [1.807, 2.05) is 6.92 Å². The van der Waals surface area contributed by atoms with Gasteiger partial charge in [0, 0.05) is 32.4 Å². The molecule has 1 aliphatic rings. The smallest absolute Gasteiger partial charge is 0.254 e. The Kier molecular flexibility index (Phi) is 4.39. The van der Waals surface area contributed by atoms with Crippen LogP contribution in [0.5, 0.6) is 0 Å². The number of primary amides is 1. The molecule has 7 heteroatoms. The molecule has 3 N–H and O–H groups in total. The van der Waals surface area contributed by atoms with Gasteiger partial charge in [-0.15, -0.1) is 0 Å². The molecule has 7 nitrogen and oxygen atoms in total. The van der Waals surface area contributed by atoms with Gasteiger partial charge in [0.2, 0.25) is 5.91 Å². The number of aryl methyl sites for hydroxylation is 1. The summed E-state index contributed by atoms with van der Waals surface area (Å²) < 4.78 is 1.60. The maximum Gasteiger partial charge on any atom is 0.254 e. The summed E-state index contributed by atoms with van der Waals surface area (Å²) in [6.45, 7) is 3.35. The molecular formula is C13H21N5O2. The Bertz CT molecular complexity index is 491. The molecule has 1 atom stereocenters. The Labute approximate surface area is 118 Å². The second-order valence-electron chi connectivity index (χ2n) is 5.26. The van der Waals surface area contributed by atoms with E-state index >= 15 is 0 Å². The highest BCUT2D eigenvalue weighted by molar-refractivity contribution is 5.93. The first-order valence-electron chi connectivity index (χ1n) is 6.80.